The quantitative estimate of drug-likeness (QED) is 0.412. The molecular weight excluding hydrogens is 517 g/mol. The van der Waals surface area contributed by atoms with Crippen molar-refractivity contribution in [2.75, 3.05) is 38.1 Å². The zero-order valence-corrected chi connectivity index (χ0v) is 21.3. The lowest BCUT2D eigenvalue weighted by atomic mass is 10.1. The van der Waals surface area contributed by atoms with Gasteiger partial charge in [-0.15, -0.1) is 0 Å². The highest BCUT2D eigenvalue weighted by Gasteiger charge is 2.30. The van der Waals surface area contributed by atoms with Crippen molar-refractivity contribution in [3.05, 3.63) is 101 Å². The smallest absolute Gasteiger partial charge is 0.416 e. The maximum atomic E-state index is 13.6. The normalized spacial score (nSPS) is 14.2. The molecule has 0 radical (unpaired) electrons. The van der Waals surface area contributed by atoms with E-state index in [1.807, 2.05) is 42.5 Å². The summed E-state index contributed by atoms with van der Waals surface area (Å²) in [6.07, 6.45) is -2.92. The van der Waals surface area contributed by atoms with E-state index in [4.69, 9.17) is 4.74 Å². The number of likely N-dealkylation sites (N-methyl/N-ethyl adjacent to an activating group) is 1. The van der Waals surface area contributed by atoms with Gasteiger partial charge in [0, 0.05) is 1.43 Å². The van der Waals surface area contributed by atoms with Crippen molar-refractivity contribution in [2.24, 2.45) is 0 Å². The molecule has 0 saturated carbocycles. The predicted molar refractivity (Wildman–Crippen MR) is 138 cm³/mol. The second-order valence-corrected chi connectivity index (χ2v) is 9.06. The summed E-state index contributed by atoms with van der Waals surface area (Å²) >= 11 is 0. The van der Waals surface area contributed by atoms with E-state index in [-0.39, 0.29) is 25.3 Å². The number of hydrogen-bond donors (Lipinski definition) is 1. The Labute approximate surface area is 225 Å². The Morgan fingerprint density at radius 1 is 0.895 bits per heavy atom. The van der Waals surface area contributed by atoms with Crippen LogP contribution in [0, 0.1) is 0 Å². The summed E-state index contributed by atoms with van der Waals surface area (Å²) in [7, 11) is 2.11. The molecule has 0 spiro atoms. The third kappa shape index (κ3) is 5.84. The molecule has 1 aromatic heterocycles. The third-order valence-corrected chi connectivity index (χ3v) is 6.49. The van der Waals surface area contributed by atoms with E-state index in [1.165, 1.54) is 17.0 Å². The summed E-state index contributed by atoms with van der Waals surface area (Å²) in [5.74, 6) is 0.560. The number of quaternary nitrogens is 1. The highest BCUT2D eigenvalue weighted by Crippen LogP contribution is 2.32. The van der Waals surface area contributed by atoms with E-state index in [1.54, 1.807) is 18.3 Å². The van der Waals surface area contributed by atoms with Gasteiger partial charge in [-0.05, 0) is 47.5 Å². The average molecular weight is 545 g/mol. The molecule has 0 aliphatic carbocycles. The molecule has 200 valence electrons. The molecule has 10 heteroatoms. The molecule has 0 bridgehead atoms. The Morgan fingerprint density at radius 2 is 1.50 bits per heavy atom. The van der Waals surface area contributed by atoms with E-state index in [9.17, 15) is 18.0 Å². The maximum absolute atomic E-state index is 13.6. The SMILES string of the molecule is C[NH+]1CCN(c2cnn(-c3ccc(C(F)(F)F)cc3)c(=O)c2Oc2ccc(-c3ccccc3)cc2)CC1.[Cl-].[HH]. The fraction of sp³-hybridized carbons (Fsp3) is 0.214. The van der Waals surface area contributed by atoms with Crippen LogP contribution in [0.5, 0.6) is 11.5 Å². The molecule has 1 fully saturated rings. The fourth-order valence-corrected chi connectivity index (χ4v) is 4.32. The minimum atomic E-state index is -4.47. The number of nitrogens with one attached hydrogen (secondary N) is 1. The highest BCUT2D eigenvalue weighted by atomic mass is 35.5. The first kappa shape index (κ1) is 27.2. The summed E-state index contributed by atoms with van der Waals surface area (Å²) in [6.45, 7) is 3.24. The van der Waals surface area contributed by atoms with E-state index >= 15 is 0 Å². The van der Waals surface area contributed by atoms with E-state index in [0.717, 1.165) is 54.1 Å². The first-order chi connectivity index (χ1) is 17.8. The van der Waals surface area contributed by atoms with Crippen LogP contribution in [0.2, 0.25) is 0 Å². The molecule has 0 atom stereocenters. The summed E-state index contributed by atoms with van der Waals surface area (Å²) < 4.78 is 46.3. The second kappa shape index (κ2) is 11.3. The van der Waals surface area contributed by atoms with Crippen LogP contribution in [0.25, 0.3) is 16.8 Å². The van der Waals surface area contributed by atoms with Crippen LogP contribution in [-0.4, -0.2) is 43.0 Å². The Morgan fingerprint density at radius 3 is 2.11 bits per heavy atom. The molecule has 1 aliphatic rings. The van der Waals surface area contributed by atoms with Gasteiger partial charge in [-0.3, -0.25) is 4.79 Å². The number of benzene rings is 3. The van der Waals surface area contributed by atoms with Crippen LogP contribution in [0.1, 0.15) is 6.99 Å². The van der Waals surface area contributed by atoms with Crippen LogP contribution >= 0.6 is 0 Å². The van der Waals surface area contributed by atoms with E-state index in [2.05, 4.69) is 17.0 Å². The Hall–Kier alpha value is -3.82. The molecule has 0 unspecified atom stereocenters. The lowest BCUT2D eigenvalue weighted by molar-refractivity contribution is -0.880. The topological polar surface area (TPSA) is 51.8 Å². The molecule has 5 rings (SSSR count). The first-order valence-corrected chi connectivity index (χ1v) is 12.0. The number of nitrogens with zero attached hydrogens (tertiary/aromatic N) is 3. The summed E-state index contributed by atoms with van der Waals surface area (Å²) in [5.41, 5.74) is 1.51. The van der Waals surface area contributed by atoms with Gasteiger partial charge in [-0.1, -0.05) is 42.5 Å². The van der Waals surface area contributed by atoms with Crippen molar-refractivity contribution in [2.45, 2.75) is 6.18 Å². The summed E-state index contributed by atoms with van der Waals surface area (Å²) in [5, 5.41) is 4.29. The van der Waals surface area contributed by atoms with Crippen molar-refractivity contribution in [3.63, 3.8) is 0 Å². The lowest BCUT2D eigenvalue weighted by Crippen LogP contribution is -3.12. The second-order valence-electron chi connectivity index (χ2n) is 9.06. The largest absolute Gasteiger partial charge is 1.00 e. The molecule has 2 heterocycles. The number of alkyl halides is 3. The molecule has 38 heavy (non-hydrogen) atoms. The van der Waals surface area contributed by atoms with Gasteiger partial charge in [0.25, 0.3) is 0 Å². The first-order valence-electron chi connectivity index (χ1n) is 12.0. The molecule has 1 N–H and O–H groups in total. The van der Waals surface area contributed by atoms with Crippen molar-refractivity contribution in [3.8, 4) is 28.3 Å². The van der Waals surface area contributed by atoms with Crippen molar-refractivity contribution < 1.29 is 36.6 Å². The van der Waals surface area contributed by atoms with Crippen molar-refractivity contribution in [1.82, 2.24) is 9.78 Å². The molecule has 1 aliphatic heterocycles. The number of piperazine rings is 1. The van der Waals surface area contributed by atoms with Gasteiger partial charge < -0.3 is 26.9 Å². The van der Waals surface area contributed by atoms with Crippen molar-refractivity contribution in [1.29, 1.82) is 0 Å². The fourth-order valence-electron chi connectivity index (χ4n) is 4.32. The Kier molecular flexibility index (Phi) is 8.08. The van der Waals surface area contributed by atoms with Crippen molar-refractivity contribution >= 4 is 5.69 Å². The Balaban J connectivity index is 0.00000210. The monoisotopic (exact) mass is 544 g/mol. The number of ether oxygens (including phenoxy) is 1. The molecule has 6 nitrogen and oxygen atoms in total. The van der Waals surface area contributed by atoms with Gasteiger partial charge in [0.05, 0.1) is 50.7 Å². The van der Waals surface area contributed by atoms with Gasteiger partial charge in [-0.25, -0.2) is 0 Å². The predicted octanol–water partition coefficient (Wildman–Crippen LogP) is 1.30. The third-order valence-electron chi connectivity index (χ3n) is 6.49. The van der Waals surface area contributed by atoms with E-state index < -0.39 is 17.3 Å². The van der Waals surface area contributed by atoms with Gasteiger partial charge in [0.2, 0.25) is 5.75 Å². The van der Waals surface area contributed by atoms with Crippen LogP contribution in [0.3, 0.4) is 0 Å². The average Bonchev–Trinajstić information content (AvgIpc) is 2.91. The highest BCUT2D eigenvalue weighted by molar-refractivity contribution is 5.64. The minimum Gasteiger partial charge on any atom is -1.00 e. The Bertz CT molecular complexity index is 1420. The summed E-state index contributed by atoms with van der Waals surface area (Å²) in [6, 6.07) is 21.6. The molecular formula is C28H28ClF3N4O2. The lowest BCUT2D eigenvalue weighted by Gasteiger charge is -2.32. The van der Waals surface area contributed by atoms with Crippen LogP contribution in [0.4, 0.5) is 18.9 Å². The van der Waals surface area contributed by atoms with Crippen LogP contribution in [-0.2, 0) is 6.18 Å². The van der Waals surface area contributed by atoms with Gasteiger partial charge >= 0.3 is 11.7 Å². The standard InChI is InChI=1S/C28H25F3N4O2.ClH.H2/c1-33-15-17-34(18-16-33)25-19-32-35(23-11-9-22(10-12-23)28(29,30)31)27(36)26(25)37-24-13-7-21(8-14-24)20-5-3-2-4-6-20;;/h2-14,19H,15-18H2,1H3;2*1H. The maximum Gasteiger partial charge on any atom is 0.416 e. The minimum absolute atomic E-state index is 0. The number of rotatable bonds is 5. The number of hydrogen-bond acceptors (Lipinski definition) is 4. The van der Waals surface area contributed by atoms with Crippen LogP contribution < -0.4 is 32.5 Å². The zero-order chi connectivity index (χ0) is 26.0. The van der Waals surface area contributed by atoms with E-state index in [0.29, 0.717) is 11.4 Å². The summed E-state index contributed by atoms with van der Waals surface area (Å²) in [4.78, 5) is 17.0. The zero-order valence-electron chi connectivity index (χ0n) is 20.6. The number of halogens is 4. The molecule has 3 aromatic carbocycles. The van der Waals surface area contributed by atoms with Gasteiger partial charge in [0.15, 0.2) is 0 Å². The number of anilines is 1. The van der Waals surface area contributed by atoms with Gasteiger partial charge in [-0.2, -0.15) is 23.0 Å². The number of aromatic nitrogens is 2. The molecule has 4 aromatic rings. The van der Waals surface area contributed by atoms with Crippen LogP contribution in [0.15, 0.2) is 89.9 Å². The molecule has 1 saturated heterocycles. The molecule has 0 amide bonds. The van der Waals surface area contributed by atoms with Gasteiger partial charge in [0.1, 0.15) is 11.4 Å².